The predicted molar refractivity (Wildman–Crippen MR) is 93.8 cm³/mol. The Bertz CT molecular complexity index is 459. The highest BCUT2D eigenvalue weighted by Crippen LogP contribution is 2.31. The highest BCUT2D eigenvalue weighted by atomic mass is 28.3. The quantitative estimate of drug-likeness (QED) is 0.813. The fraction of sp³-hybridized carbons (Fsp3) is 0.667. The third-order valence-electron chi connectivity index (χ3n) is 4.96. The molecule has 0 aromatic heterocycles. The van der Waals surface area contributed by atoms with Crippen LogP contribution >= 0.6 is 0 Å². The number of hydrogen-bond acceptors (Lipinski definition) is 2. The van der Waals surface area contributed by atoms with Crippen LogP contribution in [-0.4, -0.2) is 38.6 Å². The van der Waals surface area contributed by atoms with E-state index in [0.717, 1.165) is 18.5 Å². The molecular weight excluding hydrogens is 272 g/mol. The minimum absolute atomic E-state index is 0.867. The summed E-state index contributed by atoms with van der Waals surface area (Å²) in [4.78, 5) is 2.70. The Balaban J connectivity index is 1.41. The van der Waals surface area contributed by atoms with E-state index >= 15 is 0 Å². The molecule has 1 heterocycles. The van der Waals surface area contributed by atoms with Gasteiger partial charge in [-0.15, -0.1) is 0 Å². The molecule has 116 valence electrons. The van der Waals surface area contributed by atoms with E-state index in [4.69, 9.17) is 0 Å². The lowest BCUT2D eigenvalue weighted by Gasteiger charge is -2.17. The van der Waals surface area contributed by atoms with Crippen molar-refractivity contribution in [2.24, 2.45) is 5.92 Å². The van der Waals surface area contributed by atoms with Crippen LogP contribution < -0.4 is 10.5 Å². The lowest BCUT2D eigenvalue weighted by atomic mass is 10.1. The highest BCUT2D eigenvalue weighted by molar-refractivity contribution is 6.88. The zero-order chi connectivity index (χ0) is 14.9. The van der Waals surface area contributed by atoms with E-state index in [0.29, 0.717) is 0 Å². The Kier molecular flexibility index (Phi) is 4.53. The molecule has 1 atom stereocenters. The molecule has 0 bridgehead atoms. The van der Waals surface area contributed by atoms with E-state index in [2.05, 4.69) is 54.1 Å². The third kappa shape index (κ3) is 4.18. The fourth-order valence-corrected chi connectivity index (χ4v) is 4.51. The molecule has 21 heavy (non-hydrogen) atoms. The first kappa shape index (κ1) is 15.3. The topological polar surface area (TPSA) is 15.3 Å². The lowest BCUT2D eigenvalue weighted by molar-refractivity contribution is 0.312. The largest absolute Gasteiger partial charge is 0.312 e. The Morgan fingerprint density at radius 3 is 2.43 bits per heavy atom. The molecule has 1 unspecified atom stereocenters. The van der Waals surface area contributed by atoms with Gasteiger partial charge >= 0.3 is 0 Å². The maximum absolute atomic E-state index is 3.67. The highest BCUT2D eigenvalue weighted by Gasteiger charge is 2.33. The summed E-state index contributed by atoms with van der Waals surface area (Å²) < 4.78 is 0. The second-order valence-electron chi connectivity index (χ2n) is 7.96. The van der Waals surface area contributed by atoms with Crippen LogP contribution in [0.4, 0.5) is 0 Å². The van der Waals surface area contributed by atoms with Crippen molar-refractivity contribution in [3.05, 3.63) is 29.8 Å². The third-order valence-corrected chi connectivity index (χ3v) is 7.03. The van der Waals surface area contributed by atoms with Gasteiger partial charge in [0.2, 0.25) is 0 Å². The van der Waals surface area contributed by atoms with Crippen LogP contribution in [-0.2, 0) is 6.54 Å². The Hall–Kier alpha value is -0.643. The summed E-state index contributed by atoms with van der Waals surface area (Å²) in [6, 6.07) is 10.3. The van der Waals surface area contributed by atoms with Crippen molar-refractivity contribution < 1.29 is 0 Å². The Morgan fingerprint density at radius 2 is 1.81 bits per heavy atom. The van der Waals surface area contributed by atoms with Crippen LogP contribution in [0, 0.1) is 5.92 Å². The van der Waals surface area contributed by atoms with Crippen molar-refractivity contribution >= 4 is 13.3 Å². The van der Waals surface area contributed by atoms with Crippen LogP contribution in [0.2, 0.25) is 19.6 Å². The van der Waals surface area contributed by atoms with Crippen molar-refractivity contribution in [2.75, 3.05) is 19.6 Å². The Labute approximate surface area is 130 Å². The molecule has 2 fully saturated rings. The maximum atomic E-state index is 3.67. The van der Waals surface area contributed by atoms with Crippen LogP contribution in [0.15, 0.2) is 24.3 Å². The summed E-state index contributed by atoms with van der Waals surface area (Å²) in [6.07, 6.45) is 4.28. The summed E-state index contributed by atoms with van der Waals surface area (Å²) in [6.45, 7) is 12.1. The average molecular weight is 303 g/mol. The fourth-order valence-electron chi connectivity index (χ4n) is 3.34. The summed E-state index contributed by atoms with van der Waals surface area (Å²) >= 11 is 0. The van der Waals surface area contributed by atoms with Gasteiger partial charge in [-0.2, -0.15) is 0 Å². The van der Waals surface area contributed by atoms with Crippen LogP contribution in [0.25, 0.3) is 0 Å². The van der Waals surface area contributed by atoms with Crippen molar-refractivity contribution in [1.82, 2.24) is 10.2 Å². The molecule has 2 nitrogen and oxygen atoms in total. The standard InChI is InChI=1S/C18H30N2Si/c1-21(2,3)18-8-4-15(5-9-18)12-19-13-16-10-11-20(14-16)17-6-7-17/h4-5,8-9,16-17,19H,6-7,10-14H2,1-3H3. The van der Waals surface area contributed by atoms with Crippen molar-refractivity contribution in [3.8, 4) is 0 Å². The molecule has 3 heteroatoms. The molecule has 0 radical (unpaired) electrons. The number of benzene rings is 1. The van der Waals surface area contributed by atoms with Crippen molar-refractivity contribution in [1.29, 1.82) is 0 Å². The first-order valence-electron chi connectivity index (χ1n) is 8.56. The summed E-state index contributed by atoms with van der Waals surface area (Å²) in [5.74, 6) is 0.867. The normalized spacial score (nSPS) is 23.7. The van der Waals surface area contributed by atoms with E-state index in [1.54, 1.807) is 5.19 Å². The average Bonchev–Trinajstić information content (AvgIpc) is 3.19. The first-order valence-corrected chi connectivity index (χ1v) is 12.1. The monoisotopic (exact) mass is 302 g/mol. The van der Waals surface area contributed by atoms with E-state index < -0.39 is 8.07 Å². The van der Waals surface area contributed by atoms with Gasteiger partial charge in [-0.05, 0) is 43.8 Å². The van der Waals surface area contributed by atoms with E-state index in [9.17, 15) is 0 Å². The number of likely N-dealkylation sites (tertiary alicyclic amines) is 1. The molecule has 1 aliphatic carbocycles. The molecule has 1 saturated carbocycles. The summed E-state index contributed by atoms with van der Waals surface area (Å²) in [7, 11) is -1.15. The molecule has 1 N–H and O–H groups in total. The van der Waals surface area contributed by atoms with Crippen molar-refractivity contribution in [2.45, 2.75) is 51.5 Å². The van der Waals surface area contributed by atoms with Crippen LogP contribution in [0.3, 0.4) is 0 Å². The number of nitrogens with one attached hydrogen (secondary N) is 1. The van der Waals surface area contributed by atoms with Gasteiger partial charge in [0.25, 0.3) is 0 Å². The minimum atomic E-state index is -1.15. The molecule has 2 aliphatic rings. The molecule has 1 saturated heterocycles. The van der Waals surface area contributed by atoms with Gasteiger partial charge in [-0.3, -0.25) is 0 Å². The number of nitrogens with zero attached hydrogens (tertiary/aromatic N) is 1. The second-order valence-corrected chi connectivity index (χ2v) is 13.0. The molecular formula is C18H30N2Si. The van der Waals surface area contributed by atoms with Gasteiger partial charge < -0.3 is 10.2 Å². The molecule has 3 rings (SSSR count). The van der Waals surface area contributed by atoms with Crippen LogP contribution in [0.5, 0.6) is 0 Å². The number of hydrogen-bond donors (Lipinski definition) is 1. The first-order chi connectivity index (χ1) is 10.0. The minimum Gasteiger partial charge on any atom is -0.312 e. The van der Waals surface area contributed by atoms with Gasteiger partial charge in [-0.1, -0.05) is 49.1 Å². The van der Waals surface area contributed by atoms with Gasteiger partial charge in [0, 0.05) is 19.1 Å². The zero-order valence-corrected chi connectivity index (χ0v) is 14.9. The SMILES string of the molecule is C[Si](C)(C)c1ccc(CNCC2CCN(C3CC3)C2)cc1. The Morgan fingerprint density at radius 1 is 1.10 bits per heavy atom. The summed E-state index contributed by atoms with van der Waals surface area (Å²) in [5, 5.41) is 5.22. The van der Waals surface area contributed by atoms with Gasteiger partial charge in [0.1, 0.15) is 0 Å². The van der Waals surface area contributed by atoms with E-state index in [1.165, 1.54) is 44.5 Å². The second kappa shape index (κ2) is 6.23. The molecule has 0 amide bonds. The molecule has 1 aromatic rings. The van der Waals surface area contributed by atoms with Crippen molar-refractivity contribution in [3.63, 3.8) is 0 Å². The van der Waals surface area contributed by atoms with Gasteiger partial charge in [-0.25, -0.2) is 0 Å². The molecule has 0 spiro atoms. The predicted octanol–water partition coefficient (Wildman–Crippen LogP) is 2.81. The van der Waals surface area contributed by atoms with E-state index in [1.807, 2.05) is 0 Å². The van der Waals surface area contributed by atoms with Gasteiger partial charge in [0.05, 0.1) is 8.07 Å². The van der Waals surface area contributed by atoms with Gasteiger partial charge in [0.15, 0.2) is 0 Å². The molecule has 1 aromatic carbocycles. The van der Waals surface area contributed by atoms with Crippen LogP contribution in [0.1, 0.15) is 24.8 Å². The number of rotatable bonds is 6. The lowest BCUT2D eigenvalue weighted by Crippen LogP contribution is -2.37. The zero-order valence-electron chi connectivity index (χ0n) is 13.9. The molecule has 1 aliphatic heterocycles. The maximum Gasteiger partial charge on any atom is 0.0775 e. The van der Waals surface area contributed by atoms with E-state index in [-0.39, 0.29) is 0 Å². The smallest absolute Gasteiger partial charge is 0.0775 e. The summed E-state index contributed by atoms with van der Waals surface area (Å²) in [5.41, 5.74) is 1.43.